The Labute approximate surface area is 213 Å². The lowest BCUT2D eigenvalue weighted by Gasteiger charge is -2.33. The molecule has 5 nitrogen and oxygen atoms in total. The van der Waals surface area contributed by atoms with Crippen LogP contribution in [0.2, 0.25) is 0 Å². The van der Waals surface area contributed by atoms with E-state index in [4.69, 9.17) is 9.47 Å². The van der Waals surface area contributed by atoms with E-state index < -0.39 is 0 Å². The topological polar surface area (TPSA) is 42.0 Å². The molecule has 0 spiro atoms. The normalized spacial score (nSPS) is 17.9. The Morgan fingerprint density at radius 2 is 1.36 bits per heavy atom. The second-order valence-electron chi connectivity index (χ2n) is 10.3. The van der Waals surface area contributed by atoms with Gasteiger partial charge in [-0.2, -0.15) is 0 Å². The predicted octanol–water partition coefficient (Wildman–Crippen LogP) is 6.30. The van der Waals surface area contributed by atoms with Gasteiger partial charge < -0.3 is 19.3 Å². The highest BCUT2D eigenvalue weighted by molar-refractivity contribution is 5.73. The summed E-state index contributed by atoms with van der Waals surface area (Å²) in [4.78, 5) is 17.7. The van der Waals surface area contributed by atoms with Gasteiger partial charge in [0.05, 0.1) is 12.3 Å². The average molecular weight is 483 g/mol. The highest BCUT2D eigenvalue weighted by atomic mass is 16.5. The summed E-state index contributed by atoms with van der Waals surface area (Å²) in [5.74, 6) is 1.47. The molecule has 3 aliphatic heterocycles. The smallest absolute Gasteiger partial charge is 0.310 e. The molecule has 3 aromatic rings. The van der Waals surface area contributed by atoms with Gasteiger partial charge >= 0.3 is 5.97 Å². The molecule has 2 saturated heterocycles. The van der Waals surface area contributed by atoms with Crippen molar-refractivity contribution < 1.29 is 14.3 Å². The third kappa shape index (κ3) is 4.55. The zero-order chi connectivity index (χ0) is 24.5. The first-order valence-corrected chi connectivity index (χ1v) is 13.3. The SMILES string of the molecule is CC(OC(=O)Cc1ccccc1)C1c2ccc(N3CCCC3)cc2Oc2cc(N3CCCC3)ccc21. The summed E-state index contributed by atoms with van der Waals surface area (Å²) < 4.78 is 12.6. The summed E-state index contributed by atoms with van der Waals surface area (Å²) in [6.07, 6.45) is 4.88. The van der Waals surface area contributed by atoms with E-state index in [0.717, 1.165) is 54.4 Å². The van der Waals surface area contributed by atoms with Crippen LogP contribution in [0.1, 0.15) is 55.2 Å². The van der Waals surface area contributed by atoms with Gasteiger partial charge in [-0.05, 0) is 50.3 Å². The van der Waals surface area contributed by atoms with Crippen LogP contribution in [0, 0.1) is 0 Å². The lowest BCUT2D eigenvalue weighted by atomic mass is 9.84. The molecular weight excluding hydrogens is 448 g/mol. The van der Waals surface area contributed by atoms with Crippen molar-refractivity contribution >= 4 is 17.3 Å². The zero-order valence-corrected chi connectivity index (χ0v) is 21.0. The van der Waals surface area contributed by atoms with Gasteiger partial charge in [0.25, 0.3) is 0 Å². The van der Waals surface area contributed by atoms with Gasteiger partial charge in [0.1, 0.15) is 17.6 Å². The summed E-state index contributed by atoms with van der Waals surface area (Å²) in [7, 11) is 0. The maximum Gasteiger partial charge on any atom is 0.310 e. The number of nitrogens with zero attached hydrogens (tertiary/aromatic N) is 2. The Kier molecular flexibility index (Phi) is 6.30. The molecule has 3 aromatic carbocycles. The standard InChI is InChI=1S/C31H34N2O3/c1-22(35-30(34)19-23-9-3-2-4-10-23)31-26-13-11-24(32-15-5-6-16-32)20-28(26)36-29-21-25(12-14-27(29)31)33-17-7-8-18-33/h2-4,9-14,20-22,31H,5-8,15-19H2,1H3. The van der Waals surface area contributed by atoms with Gasteiger partial charge in [0, 0.05) is 60.8 Å². The first kappa shape index (κ1) is 23.0. The van der Waals surface area contributed by atoms with Crippen LogP contribution in [0.5, 0.6) is 11.5 Å². The van der Waals surface area contributed by atoms with Crippen molar-refractivity contribution in [2.75, 3.05) is 36.0 Å². The summed E-state index contributed by atoms with van der Waals surface area (Å²) in [6, 6.07) is 22.9. The number of fused-ring (bicyclic) bond motifs is 2. The Morgan fingerprint density at radius 3 is 1.89 bits per heavy atom. The fourth-order valence-electron chi connectivity index (χ4n) is 5.95. The molecule has 36 heavy (non-hydrogen) atoms. The molecular formula is C31H34N2O3. The van der Waals surface area contributed by atoms with E-state index >= 15 is 0 Å². The highest BCUT2D eigenvalue weighted by Crippen LogP contribution is 2.49. The van der Waals surface area contributed by atoms with Crippen LogP contribution in [0.15, 0.2) is 66.7 Å². The second-order valence-corrected chi connectivity index (χ2v) is 10.3. The largest absolute Gasteiger partial charge is 0.461 e. The molecule has 2 fully saturated rings. The molecule has 0 radical (unpaired) electrons. The zero-order valence-electron chi connectivity index (χ0n) is 21.0. The van der Waals surface area contributed by atoms with E-state index in [1.807, 2.05) is 37.3 Å². The number of benzene rings is 3. The third-order valence-electron chi connectivity index (χ3n) is 7.80. The van der Waals surface area contributed by atoms with Gasteiger partial charge in [-0.25, -0.2) is 0 Å². The number of carbonyl (C=O) groups excluding carboxylic acids is 1. The molecule has 0 aliphatic carbocycles. The van der Waals surface area contributed by atoms with Crippen molar-refractivity contribution in [1.29, 1.82) is 0 Å². The monoisotopic (exact) mass is 482 g/mol. The summed E-state index contributed by atoms with van der Waals surface area (Å²) in [5, 5.41) is 0. The molecule has 1 atom stereocenters. The Morgan fingerprint density at radius 1 is 0.833 bits per heavy atom. The Balaban J connectivity index is 1.32. The van der Waals surface area contributed by atoms with Crippen LogP contribution in [0.25, 0.3) is 0 Å². The number of esters is 1. The van der Waals surface area contributed by atoms with Crippen molar-refractivity contribution in [3.05, 3.63) is 83.4 Å². The number of hydrogen-bond donors (Lipinski definition) is 0. The molecule has 1 unspecified atom stereocenters. The quantitative estimate of drug-likeness (QED) is 0.386. The van der Waals surface area contributed by atoms with Crippen molar-refractivity contribution in [2.24, 2.45) is 0 Å². The van der Waals surface area contributed by atoms with Gasteiger partial charge in [0.2, 0.25) is 0 Å². The molecule has 0 amide bonds. The minimum Gasteiger partial charge on any atom is -0.461 e. The van der Waals surface area contributed by atoms with Crippen LogP contribution in [0.4, 0.5) is 11.4 Å². The third-order valence-corrected chi connectivity index (χ3v) is 7.80. The van der Waals surface area contributed by atoms with E-state index in [1.165, 1.54) is 37.1 Å². The van der Waals surface area contributed by atoms with Crippen molar-refractivity contribution in [2.45, 2.75) is 51.0 Å². The Hall–Kier alpha value is -3.47. The maximum absolute atomic E-state index is 12.9. The van der Waals surface area contributed by atoms with E-state index in [0.29, 0.717) is 0 Å². The number of carbonyl (C=O) groups is 1. The predicted molar refractivity (Wildman–Crippen MR) is 143 cm³/mol. The molecule has 6 rings (SSSR count). The van der Waals surface area contributed by atoms with E-state index in [1.54, 1.807) is 0 Å². The van der Waals surface area contributed by atoms with Crippen LogP contribution < -0.4 is 14.5 Å². The lowest BCUT2D eigenvalue weighted by molar-refractivity contribution is -0.148. The first-order valence-electron chi connectivity index (χ1n) is 13.3. The minimum atomic E-state index is -0.321. The minimum absolute atomic E-state index is 0.0799. The molecule has 0 bridgehead atoms. The average Bonchev–Trinajstić information content (AvgIpc) is 3.62. The molecule has 0 N–H and O–H groups in total. The number of anilines is 2. The van der Waals surface area contributed by atoms with Gasteiger partial charge in [-0.15, -0.1) is 0 Å². The number of hydrogen-bond acceptors (Lipinski definition) is 5. The van der Waals surface area contributed by atoms with E-state index in [-0.39, 0.29) is 24.4 Å². The summed E-state index contributed by atoms with van der Waals surface area (Å²) in [6.45, 7) is 6.36. The molecule has 0 saturated carbocycles. The fraction of sp³-hybridized carbons (Fsp3) is 0.387. The fourth-order valence-corrected chi connectivity index (χ4v) is 5.95. The first-order chi connectivity index (χ1) is 17.7. The Bertz CT molecular complexity index is 1160. The molecule has 5 heteroatoms. The number of ether oxygens (including phenoxy) is 2. The van der Waals surface area contributed by atoms with Gasteiger partial charge in [0.15, 0.2) is 0 Å². The van der Waals surface area contributed by atoms with Gasteiger partial charge in [-0.3, -0.25) is 4.79 Å². The van der Waals surface area contributed by atoms with Crippen molar-refractivity contribution in [3.63, 3.8) is 0 Å². The van der Waals surface area contributed by atoms with Crippen LogP contribution >= 0.6 is 0 Å². The summed E-state index contributed by atoms with van der Waals surface area (Å²) in [5.41, 5.74) is 5.54. The lowest BCUT2D eigenvalue weighted by Crippen LogP contribution is -2.27. The maximum atomic E-state index is 12.9. The number of rotatable bonds is 6. The van der Waals surface area contributed by atoms with Crippen molar-refractivity contribution in [3.8, 4) is 11.5 Å². The second kappa shape index (κ2) is 9.88. The van der Waals surface area contributed by atoms with E-state index in [9.17, 15) is 4.79 Å². The molecule has 0 aromatic heterocycles. The molecule has 3 heterocycles. The highest BCUT2D eigenvalue weighted by Gasteiger charge is 2.34. The molecule has 3 aliphatic rings. The van der Waals surface area contributed by atoms with Crippen LogP contribution in [0.3, 0.4) is 0 Å². The van der Waals surface area contributed by atoms with Crippen LogP contribution in [-0.4, -0.2) is 38.3 Å². The van der Waals surface area contributed by atoms with Gasteiger partial charge in [-0.1, -0.05) is 42.5 Å². The van der Waals surface area contributed by atoms with E-state index in [2.05, 4.69) is 46.2 Å². The summed E-state index contributed by atoms with van der Waals surface area (Å²) >= 11 is 0. The van der Waals surface area contributed by atoms with Crippen LogP contribution in [-0.2, 0) is 16.0 Å². The molecule has 186 valence electrons. The van der Waals surface area contributed by atoms with Crippen molar-refractivity contribution in [1.82, 2.24) is 0 Å².